The molecular formula is C18H20ClN3O. The molecule has 4 nitrogen and oxygen atoms in total. The number of halogens is 1. The van der Waals surface area contributed by atoms with Crippen LogP contribution in [0.4, 0.5) is 16.2 Å². The van der Waals surface area contributed by atoms with Crippen molar-refractivity contribution in [3.05, 3.63) is 59.1 Å². The highest BCUT2D eigenvalue weighted by Gasteiger charge is 2.21. The van der Waals surface area contributed by atoms with Crippen molar-refractivity contribution in [1.29, 1.82) is 0 Å². The lowest BCUT2D eigenvalue weighted by Gasteiger charge is -2.36. The van der Waals surface area contributed by atoms with Gasteiger partial charge in [0.05, 0.1) is 0 Å². The number of urea groups is 1. The molecule has 0 saturated carbocycles. The van der Waals surface area contributed by atoms with Gasteiger partial charge < -0.3 is 15.1 Å². The molecule has 0 bridgehead atoms. The number of carbonyl (C=O) groups excluding carboxylic acids is 1. The van der Waals surface area contributed by atoms with E-state index in [9.17, 15) is 4.79 Å². The normalized spacial score (nSPS) is 14.7. The van der Waals surface area contributed by atoms with E-state index in [4.69, 9.17) is 11.6 Å². The lowest BCUT2D eigenvalue weighted by atomic mass is 10.2. The second-order valence-corrected chi connectivity index (χ2v) is 6.19. The summed E-state index contributed by atoms with van der Waals surface area (Å²) in [5.74, 6) is 0. The van der Waals surface area contributed by atoms with Crippen molar-refractivity contribution in [1.82, 2.24) is 4.90 Å². The number of nitrogens with one attached hydrogen (secondary N) is 1. The maximum Gasteiger partial charge on any atom is 0.321 e. The summed E-state index contributed by atoms with van der Waals surface area (Å²) in [6.45, 7) is 5.02. The molecule has 1 aliphatic heterocycles. The number of carbonyl (C=O) groups is 1. The van der Waals surface area contributed by atoms with Gasteiger partial charge in [0.15, 0.2) is 0 Å². The molecule has 1 fully saturated rings. The average molecular weight is 330 g/mol. The van der Waals surface area contributed by atoms with E-state index >= 15 is 0 Å². The second kappa shape index (κ2) is 6.92. The minimum absolute atomic E-state index is 0.0404. The fourth-order valence-electron chi connectivity index (χ4n) is 2.77. The van der Waals surface area contributed by atoms with Crippen LogP contribution in [0.2, 0.25) is 5.02 Å². The van der Waals surface area contributed by atoms with Gasteiger partial charge in [0, 0.05) is 42.6 Å². The van der Waals surface area contributed by atoms with Crippen LogP contribution in [-0.2, 0) is 0 Å². The number of amides is 2. The summed E-state index contributed by atoms with van der Waals surface area (Å²) in [6, 6.07) is 15.6. The summed E-state index contributed by atoms with van der Waals surface area (Å²) in [7, 11) is 0. The van der Waals surface area contributed by atoms with Crippen molar-refractivity contribution in [2.75, 3.05) is 36.4 Å². The van der Waals surface area contributed by atoms with Gasteiger partial charge in [-0.1, -0.05) is 29.8 Å². The summed E-state index contributed by atoms with van der Waals surface area (Å²) in [5, 5.41) is 3.70. The zero-order chi connectivity index (χ0) is 16.2. The molecule has 2 aromatic carbocycles. The number of aryl methyl sites for hydroxylation is 1. The van der Waals surface area contributed by atoms with Crippen LogP contribution in [-0.4, -0.2) is 37.1 Å². The first-order chi connectivity index (χ1) is 11.1. The zero-order valence-corrected chi connectivity index (χ0v) is 13.9. The topological polar surface area (TPSA) is 35.6 Å². The van der Waals surface area contributed by atoms with Gasteiger partial charge in [0.2, 0.25) is 0 Å². The maximum absolute atomic E-state index is 12.4. The predicted octanol–water partition coefficient (Wildman–Crippen LogP) is 4.00. The van der Waals surface area contributed by atoms with Gasteiger partial charge in [-0.15, -0.1) is 0 Å². The molecule has 0 atom stereocenters. The van der Waals surface area contributed by atoms with Crippen LogP contribution in [0, 0.1) is 6.92 Å². The molecule has 1 aliphatic rings. The number of hydrogen-bond donors (Lipinski definition) is 1. The van der Waals surface area contributed by atoms with Crippen molar-refractivity contribution in [3.63, 3.8) is 0 Å². The van der Waals surface area contributed by atoms with Crippen molar-refractivity contribution >= 4 is 29.0 Å². The van der Waals surface area contributed by atoms with Gasteiger partial charge in [-0.05, 0) is 42.8 Å². The van der Waals surface area contributed by atoms with Gasteiger partial charge in [-0.3, -0.25) is 0 Å². The van der Waals surface area contributed by atoms with Crippen molar-refractivity contribution in [2.24, 2.45) is 0 Å². The van der Waals surface area contributed by atoms with Crippen LogP contribution in [0.1, 0.15) is 5.56 Å². The van der Waals surface area contributed by atoms with Crippen LogP contribution < -0.4 is 10.2 Å². The van der Waals surface area contributed by atoms with Crippen molar-refractivity contribution < 1.29 is 4.79 Å². The van der Waals surface area contributed by atoms with Crippen molar-refractivity contribution in [3.8, 4) is 0 Å². The number of benzene rings is 2. The molecule has 0 radical (unpaired) electrons. The first-order valence-electron chi connectivity index (χ1n) is 7.75. The Hall–Kier alpha value is -2.20. The molecule has 0 unspecified atom stereocenters. The molecule has 23 heavy (non-hydrogen) atoms. The molecule has 5 heteroatoms. The molecule has 1 heterocycles. The number of nitrogens with zero attached hydrogens (tertiary/aromatic N) is 2. The first-order valence-corrected chi connectivity index (χ1v) is 8.13. The number of rotatable bonds is 2. The summed E-state index contributed by atoms with van der Waals surface area (Å²) in [4.78, 5) is 16.5. The van der Waals surface area contributed by atoms with Crippen LogP contribution in [0.15, 0.2) is 48.5 Å². The number of hydrogen-bond acceptors (Lipinski definition) is 2. The maximum atomic E-state index is 12.4. The summed E-state index contributed by atoms with van der Waals surface area (Å²) >= 11 is 6.05. The highest BCUT2D eigenvalue weighted by atomic mass is 35.5. The van der Waals surface area contributed by atoms with E-state index in [2.05, 4.69) is 10.2 Å². The Morgan fingerprint density at radius 1 is 1.04 bits per heavy atom. The zero-order valence-electron chi connectivity index (χ0n) is 13.1. The highest BCUT2D eigenvalue weighted by Crippen LogP contribution is 2.21. The third kappa shape index (κ3) is 3.96. The number of anilines is 2. The standard InChI is InChI=1S/C18H20ClN3O/c1-14-4-2-6-16(12-14)20-18(23)22-10-8-21(9-11-22)17-7-3-5-15(19)13-17/h2-7,12-13H,8-11H2,1H3,(H,20,23). The lowest BCUT2D eigenvalue weighted by Crippen LogP contribution is -2.50. The smallest absolute Gasteiger partial charge is 0.321 e. The fourth-order valence-corrected chi connectivity index (χ4v) is 2.95. The van der Waals surface area contributed by atoms with Gasteiger partial charge >= 0.3 is 6.03 Å². The Bertz CT molecular complexity index is 696. The molecule has 0 spiro atoms. The minimum atomic E-state index is -0.0404. The SMILES string of the molecule is Cc1cccc(NC(=O)N2CCN(c3cccc(Cl)c3)CC2)c1. The Balaban J connectivity index is 1.57. The molecule has 120 valence electrons. The first kappa shape index (κ1) is 15.7. The summed E-state index contributed by atoms with van der Waals surface area (Å²) < 4.78 is 0. The van der Waals surface area contributed by atoms with E-state index in [1.165, 1.54) is 0 Å². The van der Waals surface area contributed by atoms with E-state index in [1.54, 1.807) is 0 Å². The van der Waals surface area contributed by atoms with Crippen LogP contribution >= 0.6 is 11.6 Å². The predicted molar refractivity (Wildman–Crippen MR) is 95.4 cm³/mol. The van der Waals surface area contributed by atoms with Gasteiger partial charge in [-0.2, -0.15) is 0 Å². The monoisotopic (exact) mass is 329 g/mol. The average Bonchev–Trinajstić information content (AvgIpc) is 2.55. The van der Waals surface area contributed by atoms with E-state index in [1.807, 2.05) is 60.4 Å². The molecule has 0 aliphatic carbocycles. The molecule has 1 N–H and O–H groups in total. The summed E-state index contributed by atoms with van der Waals surface area (Å²) in [5.41, 5.74) is 3.08. The molecule has 2 amide bonds. The van der Waals surface area contributed by atoms with Crippen LogP contribution in [0.3, 0.4) is 0 Å². The quantitative estimate of drug-likeness (QED) is 0.903. The molecule has 3 rings (SSSR count). The fraction of sp³-hybridized carbons (Fsp3) is 0.278. The minimum Gasteiger partial charge on any atom is -0.368 e. The van der Waals surface area contributed by atoms with E-state index < -0.39 is 0 Å². The van der Waals surface area contributed by atoms with Gasteiger partial charge in [0.1, 0.15) is 0 Å². The largest absolute Gasteiger partial charge is 0.368 e. The van der Waals surface area contributed by atoms with E-state index in [0.717, 1.165) is 35.1 Å². The number of piperazine rings is 1. The third-order valence-electron chi connectivity index (χ3n) is 4.01. The Labute approximate surface area is 141 Å². The third-order valence-corrected chi connectivity index (χ3v) is 4.24. The van der Waals surface area contributed by atoms with Gasteiger partial charge in [-0.25, -0.2) is 4.79 Å². The Morgan fingerprint density at radius 2 is 1.78 bits per heavy atom. The highest BCUT2D eigenvalue weighted by molar-refractivity contribution is 6.30. The van der Waals surface area contributed by atoms with Crippen LogP contribution in [0.5, 0.6) is 0 Å². The molecule has 0 aromatic heterocycles. The van der Waals surface area contributed by atoms with Gasteiger partial charge in [0.25, 0.3) is 0 Å². The molecule has 2 aromatic rings. The van der Waals surface area contributed by atoms with Crippen molar-refractivity contribution in [2.45, 2.75) is 6.92 Å². The summed E-state index contributed by atoms with van der Waals surface area (Å²) in [6.07, 6.45) is 0. The van der Waals surface area contributed by atoms with E-state index in [-0.39, 0.29) is 6.03 Å². The van der Waals surface area contributed by atoms with E-state index in [0.29, 0.717) is 13.1 Å². The van der Waals surface area contributed by atoms with Crippen LogP contribution in [0.25, 0.3) is 0 Å². The Kier molecular flexibility index (Phi) is 4.72. The Morgan fingerprint density at radius 3 is 2.48 bits per heavy atom. The molecular weight excluding hydrogens is 310 g/mol. The second-order valence-electron chi connectivity index (χ2n) is 5.75. The molecule has 1 saturated heterocycles. The lowest BCUT2D eigenvalue weighted by molar-refractivity contribution is 0.208.